The van der Waals surface area contributed by atoms with Crippen LogP contribution >= 0.6 is 0 Å². The van der Waals surface area contributed by atoms with Crippen LogP contribution in [0.15, 0.2) is 48.5 Å². The Morgan fingerprint density at radius 1 is 1.06 bits per heavy atom. The monoisotopic (exact) mass is 425 g/mol. The summed E-state index contributed by atoms with van der Waals surface area (Å²) in [5.74, 6) is -2.55. The van der Waals surface area contributed by atoms with Gasteiger partial charge in [0.15, 0.2) is 5.69 Å². The van der Waals surface area contributed by atoms with E-state index in [2.05, 4.69) is 5.32 Å². The molecule has 2 unspecified atom stereocenters. The number of methoxy groups -OCH3 is 1. The third kappa shape index (κ3) is 2.97. The number of nitrogens with zero attached hydrogens (tertiary/aromatic N) is 1. The fraction of sp³-hybridized carbons (Fsp3) is 0.273. The Morgan fingerprint density at radius 3 is 2.19 bits per heavy atom. The molecule has 9 nitrogen and oxygen atoms in total. The summed E-state index contributed by atoms with van der Waals surface area (Å²) in [6.45, 7) is 3.35. The lowest BCUT2D eigenvalue weighted by molar-refractivity contribution is -0.145. The molecule has 3 rings (SSSR count). The van der Waals surface area contributed by atoms with Gasteiger partial charge >= 0.3 is 11.9 Å². The number of amides is 5. The third-order valence-corrected chi connectivity index (χ3v) is 5.83. The maximum atomic E-state index is 13.7. The zero-order chi connectivity index (χ0) is 23.0. The number of quaternary nitrogens is 1. The summed E-state index contributed by atoms with van der Waals surface area (Å²) in [5, 5.41) is 2.63. The maximum absolute atomic E-state index is 13.7. The Bertz CT molecular complexity index is 1070. The van der Waals surface area contributed by atoms with Gasteiger partial charge in [-0.1, -0.05) is 26.0 Å². The summed E-state index contributed by atoms with van der Waals surface area (Å²) < 4.78 is 3.95. The van der Waals surface area contributed by atoms with E-state index >= 15 is 0 Å². The SMILES string of the molecule is COc1ccc(C(C(N)=O)(C(C)C)[N+]2(C(N)=O)C(=O)CC(=O)Nc3ccccc32)cc1. The molecule has 5 N–H and O–H groups in total. The van der Waals surface area contributed by atoms with Crippen molar-refractivity contribution in [3.8, 4) is 5.75 Å². The molecule has 162 valence electrons. The number of anilines is 1. The van der Waals surface area contributed by atoms with Crippen LogP contribution in [0.25, 0.3) is 0 Å². The zero-order valence-corrected chi connectivity index (χ0v) is 17.5. The van der Waals surface area contributed by atoms with Crippen LogP contribution in [-0.4, -0.2) is 30.9 Å². The minimum absolute atomic E-state index is 0.0779. The summed E-state index contributed by atoms with van der Waals surface area (Å²) in [6, 6.07) is 11.5. The molecule has 5 amide bonds. The first-order valence-electron chi connectivity index (χ1n) is 9.70. The largest absolute Gasteiger partial charge is 0.497 e. The molecule has 0 aromatic heterocycles. The lowest BCUT2D eigenvalue weighted by atomic mass is 9.74. The molecule has 31 heavy (non-hydrogen) atoms. The van der Waals surface area contributed by atoms with Crippen molar-refractivity contribution in [2.24, 2.45) is 17.4 Å². The van der Waals surface area contributed by atoms with Crippen LogP contribution in [-0.2, 0) is 19.9 Å². The van der Waals surface area contributed by atoms with Crippen molar-refractivity contribution in [2.45, 2.75) is 25.8 Å². The number of urea groups is 1. The fourth-order valence-electron chi connectivity index (χ4n) is 4.61. The number of rotatable bonds is 5. The molecular weight excluding hydrogens is 400 g/mol. The van der Waals surface area contributed by atoms with E-state index in [1.165, 1.54) is 13.2 Å². The molecule has 0 bridgehead atoms. The molecule has 0 aliphatic carbocycles. The summed E-state index contributed by atoms with van der Waals surface area (Å²) in [4.78, 5) is 52.7. The first-order valence-corrected chi connectivity index (χ1v) is 9.70. The highest BCUT2D eigenvalue weighted by Gasteiger charge is 2.69. The van der Waals surface area contributed by atoms with E-state index in [1.807, 2.05) is 0 Å². The molecule has 0 saturated carbocycles. The third-order valence-electron chi connectivity index (χ3n) is 5.83. The predicted molar refractivity (Wildman–Crippen MR) is 115 cm³/mol. The summed E-state index contributed by atoms with van der Waals surface area (Å²) in [6.07, 6.45) is -0.657. The number of nitrogens with two attached hydrogens (primary N) is 2. The van der Waals surface area contributed by atoms with E-state index in [1.54, 1.807) is 56.3 Å². The van der Waals surface area contributed by atoms with Gasteiger partial charge in [-0.3, -0.25) is 9.59 Å². The molecule has 0 radical (unpaired) electrons. The number of hydrogen-bond acceptors (Lipinski definition) is 5. The van der Waals surface area contributed by atoms with Gasteiger partial charge in [0, 0.05) is 17.5 Å². The van der Waals surface area contributed by atoms with E-state index in [0.717, 1.165) is 0 Å². The Morgan fingerprint density at radius 2 is 1.68 bits per heavy atom. The molecule has 1 aliphatic heterocycles. The van der Waals surface area contributed by atoms with Gasteiger partial charge in [-0.2, -0.15) is 0 Å². The van der Waals surface area contributed by atoms with Crippen molar-refractivity contribution in [3.05, 3.63) is 54.1 Å². The number of carbonyl (C=O) groups excluding carboxylic acids is 4. The molecule has 2 aromatic rings. The summed E-state index contributed by atoms with van der Waals surface area (Å²) in [7, 11) is 1.49. The van der Waals surface area contributed by atoms with E-state index in [-0.39, 0.29) is 11.4 Å². The lowest BCUT2D eigenvalue weighted by Crippen LogP contribution is -2.77. The molecule has 2 atom stereocenters. The van der Waals surface area contributed by atoms with E-state index in [0.29, 0.717) is 11.3 Å². The van der Waals surface area contributed by atoms with Crippen molar-refractivity contribution >= 4 is 35.1 Å². The van der Waals surface area contributed by atoms with Crippen LogP contribution in [0.4, 0.5) is 16.2 Å². The number of primary amides is 2. The molecular formula is C22H25N4O5+. The standard InChI is InChI=1S/C22H24N4O5/c1-13(2)22(20(23)29,14-8-10-15(31-3)11-9-14)26(21(24)30)17-7-5-4-6-16(17)25-18(27)12-19(26)28/h4-11,13H,12H2,1-3H3,(H4-,23,24,25,27,29,30)/p+1. The second kappa shape index (κ2) is 7.84. The number of ether oxygens (including phenoxy) is 1. The molecule has 1 aliphatic rings. The van der Waals surface area contributed by atoms with Crippen molar-refractivity contribution in [1.29, 1.82) is 0 Å². The minimum atomic E-state index is -1.93. The average molecular weight is 425 g/mol. The number of para-hydroxylation sites is 2. The Balaban J connectivity index is 2.54. The van der Waals surface area contributed by atoms with Gasteiger partial charge in [-0.25, -0.2) is 9.59 Å². The Hall–Kier alpha value is -3.72. The minimum Gasteiger partial charge on any atom is -0.497 e. The van der Waals surface area contributed by atoms with Crippen LogP contribution in [0, 0.1) is 5.92 Å². The number of hydrogen-bond donors (Lipinski definition) is 3. The molecule has 0 fully saturated rings. The highest BCUT2D eigenvalue weighted by atomic mass is 16.5. The lowest BCUT2D eigenvalue weighted by Gasteiger charge is -2.47. The first-order chi connectivity index (χ1) is 14.6. The average Bonchev–Trinajstić information content (AvgIpc) is 2.82. The highest BCUT2D eigenvalue weighted by molar-refractivity contribution is 6.22. The molecule has 0 spiro atoms. The number of benzene rings is 2. The van der Waals surface area contributed by atoms with Crippen LogP contribution < -0.4 is 26.0 Å². The number of carbonyl (C=O) groups is 4. The van der Waals surface area contributed by atoms with E-state index in [9.17, 15) is 19.2 Å². The molecule has 1 heterocycles. The summed E-state index contributed by atoms with van der Waals surface area (Å²) >= 11 is 0. The Labute approximate surface area is 179 Å². The van der Waals surface area contributed by atoms with E-state index in [4.69, 9.17) is 16.2 Å². The van der Waals surface area contributed by atoms with Crippen molar-refractivity contribution < 1.29 is 23.9 Å². The maximum Gasteiger partial charge on any atom is 0.427 e. The van der Waals surface area contributed by atoms with Crippen LogP contribution in [0.3, 0.4) is 0 Å². The van der Waals surface area contributed by atoms with Gasteiger partial charge < -0.3 is 21.5 Å². The Kier molecular flexibility index (Phi) is 5.56. The molecule has 9 heteroatoms. The number of imide groups is 1. The topological polar surface area (TPSA) is 142 Å². The smallest absolute Gasteiger partial charge is 0.427 e. The second-order valence-electron chi connectivity index (χ2n) is 7.66. The number of fused-ring (bicyclic) bond motifs is 1. The van der Waals surface area contributed by atoms with Gasteiger partial charge in [0.05, 0.1) is 7.11 Å². The van der Waals surface area contributed by atoms with E-state index < -0.39 is 46.1 Å². The van der Waals surface area contributed by atoms with Crippen molar-refractivity contribution in [1.82, 2.24) is 4.48 Å². The predicted octanol–water partition coefficient (Wildman–Crippen LogP) is 1.99. The number of nitrogens with one attached hydrogen (secondary N) is 1. The van der Waals surface area contributed by atoms with Crippen molar-refractivity contribution in [2.75, 3.05) is 12.4 Å². The van der Waals surface area contributed by atoms with Crippen LogP contribution in [0.1, 0.15) is 25.8 Å². The van der Waals surface area contributed by atoms with Crippen LogP contribution in [0.2, 0.25) is 0 Å². The fourth-order valence-corrected chi connectivity index (χ4v) is 4.61. The normalized spacial score (nSPS) is 20.3. The van der Waals surface area contributed by atoms with Gasteiger partial charge in [0.1, 0.15) is 17.9 Å². The molecule has 2 aromatic carbocycles. The van der Waals surface area contributed by atoms with Gasteiger partial charge in [0.25, 0.3) is 5.91 Å². The zero-order valence-electron chi connectivity index (χ0n) is 17.5. The van der Waals surface area contributed by atoms with Crippen LogP contribution in [0.5, 0.6) is 5.75 Å². The first kappa shape index (κ1) is 22.0. The second-order valence-corrected chi connectivity index (χ2v) is 7.66. The van der Waals surface area contributed by atoms with Gasteiger partial charge in [-0.15, -0.1) is 4.48 Å². The quantitative estimate of drug-likeness (QED) is 0.496. The van der Waals surface area contributed by atoms with Crippen molar-refractivity contribution in [3.63, 3.8) is 0 Å². The van der Waals surface area contributed by atoms with Gasteiger partial charge in [-0.05, 0) is 30.3 Å². The highest BCUT2D eigenvalue weighted by Crippen LogP contribution is 2.50. The van der Waals surface area contributed by atoms with Gasteiger partial charge in [0.2, 0.25) is 11.4 Å². The summed E-state index contributed by atoms with van der Waals surface area (Å²) in [5.41, 5.74) is 10.5. The molecule has 0 saturated heterocycles.